The molecule has 0 radical (unpaired) electrons. The molecule has 3 rings (SSSR count). The lowest BCUT2D eigenvalue weighted by Gasteiger charge is -2.18. The van der Waals surface area contributed by atoms with E-state index in [1.807, 2.05) is 12.1 Å². The van der Waals surface area contributed by atoms with Crippen LogP contribution in [0.15, 0.2) is 60.7 Å². The summed E-state index contributed by atoms with van der Waals surface area (Å²) in [6.07, 6.45) is -1.10. The topological polar surface area (TPSA) is 75.6 Å². The molecule has 0 spiro atoms. The number of carbonyl (C=O) groups excluding carboxylic acids is 1. The van der Waals surface area contributed by atoms with Crippen molar-refractivity contribution in [2.75, 3.05) is 0 Å². The van der Waals surface area contributed by atoms with Crippen LogP contribution >= 0.6 is 23.2 Å². The fraction of sp³-hybridized carbons (Fsp3) is 0.231. The van der Waals surface area contributed by atoms with Crippen molar-refractivity contribution in [1.29, 1.82) is 0 Å². The van der Waals surface area contributed by atoms with Crippen molar-refractivity contribution < 1.29 is 23.8 Å². The molecule has 0 saturated heterocycles. The Morgan fingerprint density at radius 2 is 1.74 bits per heavy atom. The van der Waals surface area contributed by atoms with E-state index in [1.165, 1.54) is 24.3 Å². The van der Waals surface area contributed by atoms with Crippen molar-refractivity contribution in [3.05, 3.63) is 93.2 Å². The molecule has 0 aliphatic heterocycles. The first-order valence-corrected chi connectivity index (χ1v) is 11.4. The monoisotopic (exact) mass is 503 g/mol. The number of aliphatic carboxylic acids is 1. The Labute approximate surface area is 207 Å². The molecule has 178 valence electrons. The molecule has 0 aliphatic carbocycles. The third kappa shape index (κ3) is 6.79. The second-order valence-corrected chi connectivity index (χ2v) is 8.86. The summed E-state index contributed by atoms with van der Waals surface area (Å²) in [5.74, 6) is -1.80. The molecule has 3 aromatic carbocycles. The second kappa shape index (κ2) is 11.5. The Balaban J connectivity index is 1.90. The first-order chi connectivity index (χ1) is 16.1. The average molecular weight is 504 g/mol. The Hall–Kier alpha value is -2.93. The van der Waals surface area contributed by atoms with E-state index in [9.17, 15) is 19.1 Å². The molecule has 3 aromatic rings. The highest BCUT2D eigenvalue weighted by molar-refractivity contribution is 6.36. The number of benzene rings is 3. The van der Waals surface area contributed by atoms with E-state index in [2.05, 4.69) is 5.32 Å². The van der Waals surface area contributed by atoms with E-state index in [0.717, 1.165) is 22.3 Å². The van der Waals surface area contributed by atoms with E-state index in [0.29, 0.717) is 5.02 Å². The molecule has 0 saturated carbocycles. The highest BCUT2D eigenvalue weighted by Crippen LogP contribution is 2.27. The predicted octanol–water partition coefficient (Wildman–Crippen LogP) is 6.15. The van der Waals surface area contributed by atoms with Crippen LogP contribution in [0.5, 0.6) is 0 Å². The molecule has 2 N–H and O–H groups in total. The molecule has 34 heavy (non-hydrogen) atoms. The molecule has 8 heteroatoms. The number of carboxylic acids is 1. The number of halogens is 3. The summed E-state index contributed by atoms with van der Waals surface area (Å²) in [5, 5.41) is 13.0. The summed E-state index contributed by atoms with van der Waals surface area (Å²) in [5.41, 5.74) is 3.28. The van der Waals surface area contributed by atoms with Gasteiger partial charge in [0.25, 0.3) is 5.91 Å². The highest BCUT2D eigenvalue weighted by atomic mass is 35.5. The van der Waals surface area contributed by atoms with Crippen molar-refractivity contribution in [2.24, 2.45) is 0 Å². The van der Waals surface area contributed by atoms with Crippen molar-refractivity contribution in [3.63, 3.8) is 0 Å². The Morgan fingerprint density at radius 1 is 1.03 bits per heavy atom. The minimum atomic E-state index is -1.05. The van der Waals surface area contributed by atoms with Crippen LogP contribution in [0.1, 0.15) is 35.3 Å². The number of amides is 1. The van der Waals surface area contributed by atoms with Crippen LogP contribution in [0.2, 0.25) is 10.0 Å². The smallest absolute Gasteiger partial charge is 0.333 e. The summed E-state index contributed by atoms with van der Waals surface area (Å²) < 4.78 is 19.0. The number of hydrogen-bond acceptors (Lipinski definition) is 3. The van der Waals surface area contributed by atoms with Gasteiger partial charge >= 0.3 is 5.97 Å². The maximum Gasteiger partial charge on any atom is 0.333 e. The van der Waals surface area contributed by atoms with E-state index < -0.39 is 12.1 Å². The molecule has 0 fully saturated rings. The zero-order valence-electron chi connectivity index (χ0n) is 18.6. The molecule has 0 heterocycles. The maximum atomic E-state index is 13.4. The summed E-state index contributed by atoms with van der Waals surface area (Å²) in [4.78, 5) is 24.4. The van der Waals surface area contributed by atoms with E-state index >= 15 is 0 Å². The number of carboxylic acid groups (broad SMARTS) is 1. The van der Waals surface area contributed by atoms with Crippen LogP contribution in [0.3, 0.4) is 0 Å². The van der Waals surface area contributed by atoms with Gasteiger partial charge < -0.3 is 15.2 Å². The molecule has 0 bridgehead atoms. The van der Waals surface area contributed by atoms with Crippen LogP contribution in [-0.2, 0) is 22.5 Å². The summed E-state index contributed by atoms with van der Waals surface area (Å²) in [7, 11) is 0. The lowest BCUT2D eigenvalue weighted by atomic mass is 9.95. The molecule has 1 atom stereocenters. The predicted molar refractivity (Wildman–Crippen MR) is 131 cm³/mol. The van der Waals surface area contributed by atoms with Crippen molar-refractivity contribution in [1.82, 2.24) is 5.32 Å². The van der Waals surface area contributed by atoms with Gasteiger partial charge in [-0.15, -0.1) is 0 Å². The summed E-state index contributed by atoms with van der Waals surface area (Å²) >= 11 is 12.1. The normalized spacial score (nSPS) is 11.9. The fourth-order valence-electron chi connectivity index (χ4n) is 3.51. The highest BCUT2D eigenvalue weighted by Gasteiger charge is 2.21. The van der Waals surface area contributed by atoms with E-state index in [4.69, 9.17) is 27.9 Å². The van der Waals surface area contributed by atoms with Gasteiger partial charge in [0.05, 0.1) is 16.7 Å². The van der Waals surface area contributed by atoms with Crippen LogP contribution in [0, 0.1) is 5.82 Å². The second-order valence-electron chi connectivity index (χ2n) is 8.02. The van der Waals surface area contributed by atoms with Gasteiger partial charge in [-0.2, -0.15) is 0 Å². The third-order valence-electron chi connectivity index (χ3n) is 5.07. The lowest BCUT2D eigenvalue weighted by molar-refractivity contribution is -0.153. The van der Waals surface area contributed by atoms with Crippen LogP contribution < -0.4 is 5.32 Å². The van der Waals surface area contributed by atoms with Gasteiger partial charge in [0.1, 0.15) is 5.82 Å². The SMILES string of the molecule is CC(C)OC(Cc1ccc(-c2ccc(F)cc2)c(CNC(=O)c2ccc(Cl)cc2Cl)c1)C(=O)O. The molecule has 0 aliphatic rings. The van der Waals surface area contributed by atoms with Crippen molar-refractivity contribution in [3.8, 4) is 11.1 Å². The van der Waals surface area contributed by atoms with Gasteiger partial charge in [-0.1, -0.05) is 53.5 Å². The first kappa shape index (κ1) is 25.7. The van der Waals surface area contributed by atoms with E-state index in [1.54, 1.807) is 38.1 Å². The van der Waals surface area contributed by atoms with E-state index in [-0.39, 0.29) is 41.4 Å². The molecular formula is C26H24Cl2FNO4. The minimum absolute atomic E-state index is 0.140. The third-order valence-corrected chi connectivity index (χ3v) is 5.62. The molecule has 1 amide bonds. The number of ether oxygens (including phenoxy) is 1. The maximum absolute atomic E-state index is 13.4. The quantitative estimate of drug-likeness (QED) is 0.367. The summed E-state index contributed by atoms with van der Waals surface area (Å²) in [6, 6.07) is 16.1. The van der Waals surface area contributed by atoms with Gasteiger partial charge in [-0.3, -0.25) is 4.79 Å². The number of hydrogen-bond donors (Lipinski definition) is 2. The number of rotatable bonds is 9. The Morgan fingerprint density at radius 3 is 2.35 bits per heavy atom. The standard InChI is InChI=1S/C26H24Cl2FNO4/c1-15(2)34-24(26(32)33)12-16-3-9-21(17-4-7-20(29)8-5-17)18(11-16)14-30-25(31)22-10-6-19(27)13-23(22)28/h3-11,13,15,24H,12,14H2,1-2H3,(H,30,31)(H,32,33). The Bertz CT molecular complexity index is 1180. The first-order valence-electron chi connectivity index (χ1n) is 10.6. The number of nitrogens with one attached hydrogen (secondary N) is 1. The largest absolute Gasteiger partial charge is 0.479 e. The van der Waals surface area contributed by atoms with Gasteiger partial charge in [0.15, 0.2) is 6.10 Å². The Kier molecular flexibility index (Phi) is 8.67. The van der Waals surface area contributed by atoms with Crippen molar-refractivity contribution in [2.45, 2.75) is 39.0 Å². The molecule has 5 nitrogen and oxygen atoms in total. The van der Waals surface area contributed by atoms with Gasteiger partial charge in [-0.05, 0) is 66.4 Å². The number of carbonyl (C=O) groups is 2. The van der Waals surface area contributed by atoms with Crippen LogP contribution in [-0.4, -0.2) is 29.2 Å². The minimum Gasteiger partial charge on any atom is -0.479 e. The zero-order valence-corrected chi connectivity index (χ0v) is 20.2. The molecular weight excluding hydrogens is 480 g/mol. The molecule has 0 aromatic heterocycles. The van der Waals surface area contributed by atoms with Gasteiger partial charge in [0, 0.05) is 18.0 Å². The van der Waals surface area contributed by atoms with Gasteiger partial charge in [-0.25, -0.2) is 9.18 Å². The summed E-state index contributed by atoms with van der Waals surface area (Å²) in [6.45, 7) is 3.69. The van der Waals surface area contributed by atoms with Crippen LogP contribution in [0.25, 0.3) is 11.1 Å². The van der Waals surface area contributed by atoms with Gasteiger partial charge in [0.2, 0.25) is 0 Å². The fourth-order valence-corrected chi connectivity index (χ4v) is 4.01. The van der Waals surface area contributed by atoms with Crippen molar-refractivity contribution >= 4 is 35.1 Å². The lowest BCUT2D eigenvalue weighted by Crippen LogP contribution is -2.29. The molecule has 1 unspecified atom stereocenters. The average Bonchev–Trinajstić information content (AvgIpc) is 2.77. The zero-order chi connectivity index (χ0) is 24.8. The van der Waals surface area contributed by atoms with Crippen LogP contribution in [0.4, 0.5) is 4.39 Å².